The number of nitrogens with one attached hydrogen (secondary N) is 1. The highest BCUT2D eigenvalue weighted by atomic mass is 16.5. The lowest BCUT2D eigenvalue weighted by Crippen LogP contribution is -2.14. The van der Waals surface area contributed by atoms with Crippen LogP contribution in [0, 0.1) is 6.92 Å². The molecule has 0 atom stereocenters. The maximum atomic E-state index is 12.4. The third kappa shape index (κ3) is 5.08. The third-order valence-corrected chi connectivity index (χ3v) is 4.47. The molecule has 0 radical (unpaired) electrons. The summed E-state index contributed by atoms with van der Waals surface area (Å²) in [7, 11) is 1.59. The van der Waals surface area contributed by atoms with Crippen LogP contribution in [0.15, 0.2) is 77.5 Å². The van der Waals surface area contributed by atoms with E-state index in [1.54, 1.807) is 19.2 Å². The van der Waals surface area contributed by atoms with E-state index < -0.39 is 0 Å². The van der Waals surface area contributed by atoms with Crippen molar-refractivity contribution in [3.05, 3.63) is 84.4 Å². The molecule has 2 aromatic heterocycles. The van der Waals surface area contributed by atoms with Crippen molar-refractivity contribution in [2.45, 2.75) is 13.3 Å². The second-order valence-electron chi connectivity index (χ2n) is 6.88. The monoisotopic (exact) mass is 415 g/mol. The van der Waals surface area contributed by atoms with Crippen molar-refractivity contribution in [2.75, 3.05) is 12.4 Å². The molecular formula is C24H21N3O4. The molecule has 0 spiro atoms. The van der Waals surface area contributed by atoms with E-state index >= 15 is 0 Å². The van der Waals surface area contributed by atoms with Crippen LogP contribution < -0.4 is 14.8 Å². The number of carbonyl (C=O) groups is 1. The Morgan fingerprint density at radius 3 is 2.65 bits per heavy atom. The van der Waals surface area contributed by atoms with Gasteiger partial charge >= 0.3 is 0 Å². The van der Waals surface area contributed by atoms with Crippen LogP contribution in [-0.4, -0.2) is 23.0 Å². The van der Waals surface area contributed by atoms with E-state index in [-0.39, 0.29) is 12.3 Å². The van der Waals surface area contributed by atoms with Gasteiger partial charge in [0.1, 0.15) is 6.26 Å². The zero-order valence-corrected chi connectivity index (χ0v) is 17.2. The minimum Gasteiger partial charge on any atom is -0.493 e. The number of ether oxygens (including phenoxy) is 2. The summed E-state index contributed by atoms with van der Waals surface area (Å²) in [5.41, 5.74) is 3.04. The van der Waals surface area contributed by atoms with Crippen LogP contribution in [0.4, 0.5) is 5.69 Å². The van der Waals surface area contributed by atoms with Crippen molar-refractivity contribution in [2.24, 2.45) is 0 Å². The Balaban J connectivity index is 1.36. The largest absolute Gasteiger partial charge is 0.493 e. The molecule has 4 rings (SSSR count). The maximum absolute atomic E-state index is 12.4. The van der Waals surface area contributed by atoms with Gasteiger partial charge in [-0.05, 0) is 42.8 Å². The highest BCUT2D eigenvalue weighted by Crippen LogP contribution is 2.31. The molecule has 1 N–H and O–H groups in total. The standard InChI is InChI=1S/C24H21N3O4/c1-16-8-10-20(21(12-16)29-2)31-23-11-9-18(14-25-23)26-22(28)13-19-15-30-24(27-19)17-6-4-3-5-7-17/h3-12,14-15H,13H2,1-2H3,(H,26,28). The lowest BCUT2D eigenvalue weighted by molar-refractivity contribution is -0.115. The number of oxazole rings is 1. The van der Waals surface area contributed by atoms with Crippen molar-refractivity contribution < 1.29 is 18.7 Å². The molecule has 1 amide bonds. The van der Waals surface area contributed by atoms with Gasteiger partial charge in [0.2, 0.25) is 17.7 Å². The normalized spacial score (nSPS) is 10.5. The molecule has 0 aliphatic rings. The number of pyridine rings is 1. The third-order valence-electron chi connectivity index (χ3n) is 4.47. The van der Waals surface area contributed by atoms with E-state index in [9.17, 15) is 4.79 Å². The summed E-state index contributed by atoms with van der Waals surface area (Å²) in [6, 6.07) is 18.6. The fourth-order valence-corrected chi connectivity index (χ4v) is 2.96. The molecule has 0 bridgehead atoms. The number of hydrogen-bond acceptors (Lipinski definition) is 6. The van der Waals surface area contributed by atoms with E-state index in [1.165, 1.54) is 12.5 Å². The number of rotatable bonds is 7. The maximum Gasteiger partial charge on any atom is 0.230 e. The first-order valence-electron chi connectivity index (χ1n) is 9.69. The van der Waals surface area contributed by atoms with Crippen LogP contribution in [0.5, 0.6) is 17.4 Å². The van der Waals surface area contributed by atoms with Gasteiger partial charge in [-0.25, -0.2) is 9.97 Å². The van der Waals surface area contributed by atoms with Gasteiger partial charge in [0.05, 0.1) is 31.1 Å². The van der Waals surface area contributed by atoms with E-state index in [2.05, 4.69) is 15.3 Å². The van der Waals surface area contributed by atoms with Crippen LogP contribution in [0.2, 0.25) is 0 Å². The Hall–Kier alpha value is -4.13. The zero-order valence-electron chi connectivity index (χ0n) is 17.2. The molecule has 7 nitrogen and oxygen atoms in total. The second kappa shape index (κ2) is 9.13. The Bertz CT molecular complexity index is 1170. The average molecular weight is 415 g/mol. The molecule has 0 aliphatic carbocycles. The van der Waals surface area contributed by atoms with Gasteiger partial charge in [-0.15, -0.1) is 0 Å². The Morgan fingerprint density at radius 1 is 1.06 bits per heavy atom. The number of nitrogens with zero attached hydrogens (tertiary/aromatic N) is 2. The first-order valence-corrected chi connectivity index (χ1v) is 9.69. The van der Waals surface area contributed by atoms with Crippen molar-refractivity contribution in [3.8, 4) is 28.8 Å². The first-order chi connectivity index (χ1) is 15.1. The van der Waals surface area contributed by atoms with Crippen molar-refractivity contribution in [3.63, 3.8) is 0 Å². The summed E-state index contributed by atoms with van der Waals surface area (Å²) in [6.45, 7) is 1.98. The van der Waals surface area contributed by atoms with Gasteiger partial charge in [-0.2, -0.15) is 0 Å². The van der Waals surface area contributed by atoms with Gasteiger partial charge < -0.3 is 19.2 Å². The minimum atomic E-state index is -0.219. The van der Waals surface area contributed by atoms with E-state index in [1.807, 2.05) is 55.5 Å². The van der Waals surface area contributed by atoms with Gasteiger partial charge in [0, 0.05) is 11.6 Å². The molecule has 0 saturated heterocycles. The van der Waals surface area contributed by atoms with Crippen LogP contribution in [0.1, 0.15) is 11.3 Å². The predicted molar refractivity (Wildman–Crippen MR) is 116 cm³/mol. The number of benzene rings is 2. The van der Waals surface area contributed by atoms with Crippen LogP contribution in [0.25, 0.3) is 11.5 Å². The predicted octanol–water partition coefficient (Wildman–Crippen LogP) is 5.03. The zero-order chi connectivity index (χ0) is 21.6. The number of anilines is 1. The molecular weight excluding hydrogens is 394 g/mol. The summed E-state index contributed by atoms with van der Waals surface area (Å²) >= 11 is 0. The molecule has 0 fully saturated rings. The number of carbonyl (C=O) groups excluding carboxylic acids is 1. The van der Waals surface area contributed by atoms with Gasteiger partial charge in [-0.3, -0.25) is 4.79 Å². The number of hydrogen-bond donors (Lipinski definition) is 1. The van der Waals surface area contributed by atoms with Gasteiger partial charge in [0.15, 0.2) is 11.5 Å². The molecule has 0 unspecified atom stereocenters. The van der Waals surface area contributed by atoms with Gasteiger partial charge in [-0.1, -0.05) is 24.3 Å². The smallest absolute Gasteiger partial charge is 0.230 e. The summed E-state index contributed by atoms with van der Waals surface area (Å²) in [6.07, 6.45) is 3.12. The van der Waals surface area contributed by atoms with Crippen molar-refractivity contribution >= 4 is 11.6 Å². The highest BCUT2D eigenvalue weighted by Gasteiger charge is 2.11. The Kier molecular flexibility index (Phi) is 5.93. The fraction of sp³-hybridized carbons (Fsp3) is 0.125. The number of aromatic nitrogens is 2. The summed E-state index contributed by atoms with van der Waals surface area (Å²) in [5, 5.41) is 2.80. The topological polar surface area (TPSA) is 86.5 Å². The van der Waals surface area contributed by atoms with E-state index in [0.29, 0.717) is 34.7 Å². The van der Waals surface area contributed by atoms with Crippen LogP contribution in [0.3, 0.4) is 0 Å². The molecule has 0 aliphatic heterocycles. The fourth-order valence-electron chi connectivity index (χ4n) is 2.96. The first kappa shape index (κ1) is 20.2. The molecule has 4 aromatic rings. The molecule has 7 heteroatoms. The van der Waals surface area contributed by atoms with Crippen LogP contribution in [-0.2, 0) is 11.2 Å². The minimum absolute atomic E-state index is 0.0924. The van der Waals surface area contributed by atoms with Gasteiger partial charge in [0.25, 0.3) is 0 Å². The lowest BCUT2D eigenvalue weighted by atomic mass is 10.2. The van der Waals surface area contributed by atoms with Crippen molar-refractivity contribution in [1.29, 1.82) is 0 Å². The second-order valence-corrected chi connectivity index (χ2v) is 6.88. The summed E-state index contributed by atoms with van der Waals surface area (Å²) in [5.74, 6) is 1.85. The molecule has 2 heterocycles. The average Bonchev–Trinajstić information content (AvgIpc) is 3.25. The molecule has 156 valence electrons. The SMILES string of the molecule is COc1cc(C)ccc1Oc1ccc(NC(=O)Cc2coc(-c3ccccc3)n2)cn1. The van der Waals surface area contributed by atoms with Crippen molar-refractivity contribution in [1.82, 2.24) is 9.97 Å². The molecule has 0 saturated carbocycles. The van der Waals surface area contributed by atoms with E-state index in [4.69, 9.17) is 13.9 Å². The number of methoxy groups -OCH3 is 1. The van der Waals surface area contributed by atoms with E-state index in [0.717, 1.165) is 11.1 Å². The van der Waals surface area contributed by atoms with Crippen LogP contribution >= 0.6 is 0 Å². The Labute approximate surface area is 179 Å². The molecule has 31 heavy (non-hydrogen) atoms. The number of aryl methyl sites for hydroxylation is 1. The highest BCUT2D eigenvalue weighted by molar-refractivity contribution is 5.91. The Morgan fingerprint density at radius 2 is 1.90 bits per heavy atom. The summed E-state index contributed by atoms with van der Waals surface area (Å²) < 4.78 is 16.6. The number of amides is 1. The summed E-state index contributed by atoms with van der Waals surface area (Å²) in [4.78, 5) is 21.0. The lowest BCUT2D eigenvalue weighted by Gasteiger charge is -2.10. The molecule has 2 aromatic carbocycles. The quantitative estimate of drug-likeness (QED) is 0.456.